The van der Waals surface area contributed by atoms with Crippen LogP contribution in [-0.4, -0.2) is 32.9 Å². The van der Waals surface area contributed by atoms with Gasteiger partial charge in [-0.15, -0.1) is 0 Å². The molecule has 1 unspecified atom stereocenters. The Hall–Kier alpha value is -3.04. The molecule has 0 bridgehead atoms. The summed E-state index contributed by atoms with van der Waals surface area (Å²) >= 11 is 0. The summed E-state index contributed by atoms with van der Waals surface area (Å²) in [5.74, 6) is -1.08. The molecule has 0 aliphatic carbocycles. The molecule has 0 saturated carbocycles. The summed E-state index contributed by atoms with van der Waals surface area (Å²) in [5.41, 5.74) is -0.374. The number of nitrogens with zero attached hydrogens (tertiary/aromatic N) is 2. The molecule has 0 aliphatic heterocycles. The van der Waals surface area contributed by atoms with Crippen LogP contribution in [0.3, 0.4) is 0 Å². The first-order valence-corrected chi connectivity index (χ1v) is 8.52. The van der Waals surface area contributed by atoms with Crippen molar-refractivity contribution in [2.75, 3.05) is 5.32 Å². The Morgan fingerprint density at radius 1 is 1.25 bits per heavy atom. The predicted molar refractivity (Wildman–Crippen MR) is 95.9 cm³/mol. The average molecular weight is 398 g/mol. The smallest absolute Gasteiger partial charge is 0.435 e. The fourth-order valence-electron chi connectivity index (χ4n) is 2.82. The Morgan fingerprint density at radius 3 is 2.43 bits per heavy atom. The summed E-state index contributed by atoms with van der Waals surface area (Å²) in [6.45, 7) is 1.22. The van der Waals surface area contributed by atoms with E-state index >= 15 is 0 Å². The van der Waals surface area contributed by atoms with Crippen LogP contribution >= 0.6 is 0 Å². The van der Waals surface area contributed by atoms with E-state index in [0.29, 0.717) is 6.42 Å². The van der Waals surface area contributed by atoms with Gasteiger partial charge in [-0.25, -0.2) is 4.79 Å². The van der Waals surface area contributed by atoms with Gasteiger partial charge in [-0.2, -0.15) is 18.3 Å². The summed E-state index contributed by atoms with van der Waals surface area (Å²) in [4.78, 5) is 23.2. The number of hydrogen-bond donors (Lipinski definition) is 3. The number of carbonyl (C=O) groups is 2. The number of amides is 2. The normalized spacial score (nSPS) is 12.5. The molecule has 2 amide bonds. The van der Waals surface area contributed by atoms with Crippen LogP contribution in [0.1, 0.15) is 29.7 Å². The van der Waals surface area contributed by atoms with Gasteiger partial charge in [-0.1, -0.05) is 30.3 Å². The second-order valence-electron chi connectivity index (χ2n) is 6.36. The van der Waals surface area contributed by atoms with Crippen molar-refractivity contribution >= 4 is 17.8 Å². The Bertz CT molecular complexity index is 835. The zero-order chi connectivity index (χ0) is 20.9. The van der Waals surface area contributed by atoms with Crippen LogP contribution in [0.15, 0.2) is 30.3 Å². The van der Waals surface area contributed by atoms with Crippen molar-refractivity contribution in [2.45, 2.75) is 38.4 Å². The van der Waals surface area contributed by atoms with Gasteiger partial charge in [-0.3, -0.25) is 14.8 Å². The molecule has 2 aromatic rings. The van der Waals surface area contributed by atoms with Crippen LogP contribution in [0, 0.1) is 6.92 Å². The van der Waals surface area contributed by atoms with Gasteiger partial charge in [-0.05, 0) is 25.3 Å². The molecule has 1 aromatic carbocycles. The van der Waals surface area contributed by atoms with Crippen molar-refractivity contribution in [1.82, 2.24) is 15.1 Å². The van der Waals surface area contributed by atoms with Gasteiger partial charge in [0.25, 0.3) is 0 Å². The third-order valence-corrected chi connectivity index (χ3v) is 4.15. The number of benzene rings is 1. The summed E-state index contributed by atoms with van der Waals surface area (Å²) in [7, 11) is 1.30. The Balaban J connectivity index is 2.10. The molecule has 0 fully saturated rings. The highest BCUT2D eigenvalue weighted by Gasteiger charge is 2.37. The molecule has 0 saturated heterocycles. The maximum Gasteiger partial charge on any atom is 0.435 e. The van der Waals surface area contributed by atoms with E-state index in [9.17, 15) is 22.8 Å². The quantitative estimate of drug-likeness (QED) is 0.667. The summed E-state index contributed by atoms with van der Waals surface area (Å²) in [5, 5.41) is 17.3. The Morgan fingerprint density at radius 2 is 1.89 bits per heavy atom. The Kier molecular flexibility index (Phi) is 6.66. The first kappa shape index (κ1) is 21.3. The van der Waals surface area contributed by atoms with Crippen molar-refractivity contribution in [1.29, 1.82) is 0 Å². The van der Waals surface area contributed by atoms with E-state index < -0.39 is 29.9 Å². The van der Waals surface area contributed by atoms with E-state index in [1.807, 2.05) is 30.3 Å². The Labute approximate surface area is 159 Å². The monoisotopic (exact) mass is 398 g/mol. The minimum atomic E-state index is -4.63. The number of halogens is 3. The molecule has 0 spiro atoms. The fourth-order valence-corrected chi connectivity index (χ4v) is 2.82. The van der Waals surface area contributed by atoms with Gasteiger partial charge in [0.1, 0.15) is 5.82 Å². The van der Waals surface area contributed by atoms with E-state index in [-0.39, 0.29) is 24.2 Å². The maximum absolute atomic E-state index is 12.9. The molecule has 0 aliphatic rings. The van der Waals surface area contributed by atoms with E-state index in [4.69, 9.17) is 5.11 Å². The number of anilines is 1. The van der Waals surface area contributed by atoms with Gasteiger partial charge < -0.3 is 10.4 Å². The summed E-state index contributed by atoms with van der Waals surface area (Å²) in [6.07, 6.45) is -4.22. The van der Waals surface area contributed by atoms with Crippen LogP contribution in [0.25, 0.3) is 0 Å². The second-order valence-corrected chi connectivity index (χ2v) is 6.36. The molecular formula is C18H21F3N4O3. The lowest BCUT2D eigenvalue weighted by Crippen LogP contribution is -2.40. The number of aliphatic carboxylic acids is 1. The maximum atomic E-state index is 12.9. The number of carboxylic acids is 1. The van der Waals surface area contributed by atoms with Gasteiger partial charge in [0.05, 0.1) is 0 Å². The number of alkyl halides is 3. The van der Waals surface area contributed by atoms with Crippen LogP contribution < -0.4 is 10.6 Å². The topological polar surface area (TPSA) is 96.3 Å². The first-order chi connectivity index (χ1) is 13.1. The largest absolute Gasteiger partial charge is 0.481 e. The van der Waals surface area contributed by atoms with E-state index in [2.05, 4.69) is 15.7 Å². The molecule has 1 aromatic heterocycles. The number of carboxylic acid groups (broad SMARTS) is 1. The SMILES string of the molecule is Cc1c(C(F)(F)F)nn(C)c1NC(=O)NC(CCC(=O)O)Cc1ccccc1. The van der Waals surface area contributed by atoms with Crippen molar-refractivity contribution in [3.63, 3.8) is 0 Å². The molecule has 1 atom stereocenters. The number of carbonyl (C=O) groups excluding carboxylic acids is 1. The molecule has 1 heterocycles. The zero-order valence-corrected chi connectivity index (χ0v) is 15.4. The number of aryl methyl sites for hydroxylation is 1. The number of hydrogen-bond acceptors (Lipinski definition) is 3. The van der Waals surface area contributed by atoms with Crippen LogP contribution in [0.4, 0.5) is 23.8 Å². The predicted octanol–water partition coefficient (Wildman–Crippen LogP) is 3.34. The third kappa shape index (κ3) is 5.73. The van der Waals surface area contributed by atoms with Gasteiger partial charge in [0.15, 0.2) is 5.69 Å². The lowest BCUT2D eigenvalue weighted by Gasteiger charge is -2.19. The number of rotatable bonds is 7. The zero-order valence-electron chi connectivity index (χ0n) is 15.4. The molecule has 3 N–H and O–H groups in total. The highest BCUT2D eigenvalue weighted by Crippen LogP contribution is 2.33. The minimum Gasteiger partial charge on any atom is -0.481 e. The van der Waals surface area contributed by atoms with Crippen molar-refractivity contribution in [2.24, 2.45) is 7.05 Å². The van der Waals surface area contributed by atoms with Gasteiger partial charge >= 0.3 is 18.2 Å². The van der Waals surface area contributed by atoms with Crippen molar-refractivity contribution in [3.8, 4) is 0 Å². The van der Waals surface area contributed by atoms with Gasteiger partial charge in [0, 0.05) is 25.1 Å². The highest BCUT2D eigenvalue weighted by atomic mass is 19.4. The lowest BCUT2D eigenvalue weighted by molar-refractivity contribution is -0.142. The molecule has 28 heavy (non-hydrogen) atoms. The second kappa shape index (κ2) is 8.77. The summed E-state index contributed by atoms with van der Waals surface area (Å²) in [6, 6.07) is 7.92. The van der Waals surface area contributed by atoms with Crippen molar-refractivity contribution in [3.05, 3.63) is 47.2 Å². The minimum absolute atomic E-state index is 0.0819. The lowest BCUT2D eigenvalue weighted by atomic mass is 10.0. The molecule has 2 rings (SSSR count). The number of nitrogens with one attached hydrogen (secondary N) is 2. The van der Waals surface area contributed by atoms with Crippen molar-refractivity contribution < 1.29 is 27.9 Å². The standard InChI is InChI=1S/C18H21F3N4O3/c1-11-15(18(19,20)21)24-25(2)16(11)23-17(28)22-13(8-9-14(26)27)10-12-6-4-3-5-7-12/h3-7,13H,8-10H2,1-2H3,(H,26,27)(H2,22,23,28). The van der Waals surface area contributed by atoms with E-state index in [1.54, 1.807) is 0 Å². The number of urea groups is 1. The summed E-state index contributed by atoms with van der Waals surface area (Å²) < 4.78 is 39.8. The number of aromatic nitrogens is 2. The fraction of sp³-hybridized carbons (Fsp3) is 0.389. The van der Waals surface area contributed by atoms with Gasteiger partial charge in [0.2, 0.25) is 0 Å². The van der Waals surface area contributed by atoms with E-state index in [1.165, 1.54) is 14.0 Å². The molecule has 7 nitrogen and oxygen atoms in total. The van der Waals surface area contributed by atoms with Crippen LogP contribution in [-0.2, 0) is 24.4 Å². The third-order valence-electron chi connectivity index (χ3n) is 4.15. The average Bonchev–Trinajstić information content (AvgIpc) is 2.89. The molecular weight excluding hydrogens is 377 g/mol. The molecule has 152 valence electrons. The van der Waals surface area contributed by atoms with E-state index in [0.717, 1.165) is 10.2 Å². The van der Waals surface area contributed by atoms with Crippen LogP contribution in [0.2, 0.25) is 0 Å². The first-order valence-electron chi connectivity index (χ1n) is 8.52. The highest BCUT2D eigenvalue weighted by molar-refractivity contribution is 5.89. The molecule has 10 heteroatoms. The van der Waals surface area contributed by atoms with Crippen LogP contribution in [0.5, 0.6) is 0 Å². The molecule has 0 radical (unpaired) electrons.